The Balaban J connectivity index is 2.10. The van der Waals surface area contributed by atoms with Crippen LogP contribution in [-0.4, -0.2) is 27.0 Å². The van der Waals surface area contributed by atoms with Crippen molar-refractivity contribution in [1.82, 2.24) is 9.97 Å². The number of hydrogen-bond acceptors (Lipinski definition) is 4. The molecule has 0 aliphatic rings. The van der Waals surface area contributed by atoms with Crippen LogP contribution in [0.4, 0.5) is 10.1 Å². The number of carboxylic acid groups (broad SMARTS) is 1. The minimum atomic E-state index is -1.15. The van der Waals surface area contributed by atoms with Gasteiger partial charge >= 0.3 is 5.97 Å². The number of aromatic nitrogens is 2. The van der Waals surface area contributed by atoms with E-state index in [2.05, 4.69) is 15.3 Å². The van der Waals surface area contributed by atoms with Crippen LogP contribution in [0, 0.1) is 5.82 Å². The van der Waals surface area contributed by atoms with Gasteiger partial charge in [0.25, 0.3) is 5.91 Å². The van der Waals surface area contributed by atoms with E-state index in [1.165, 1.54) is 24.4 Å². The molecule has 0 aliphatic heterocycles. The van der Waals surface area contributed by atoms with Crippen LogP contribution in [0.25, 0.3) is 0 Å². The molecule has 19 heavy (non-hydrogen) atoms. The van der Waals surface area contributed by atoms with Crippen molar-refractivity contribution in [1.29, 1.82) is 0 Å². The Morgan fingerprint density at radius 2 is 1.74 bits per heavy atom. The van der Waals surface area contributed by atoms with Crippen molar-refractivity contribution in [3.8, 4) is 0 Å². The van der Waals surface area contributed by atoms with Gasteiger partial charge < -0.3 is 10.4 Å². The topological polar surface area (TPSA) is 92.2 Å². The number of pyridine rings is 2. The molecule has 0 spiro atoms. The molecule has 2 rings (SSSR count). The highest BCUT2D eigenvalue weighted by atomic mass is 19.1. The molecule has 1 amide bonds. The van der Waals surface area contributed by atoms with Crippen LogP contribution < -0.4 is 5.32 Å². The van der Waals surface area contributed by atoms with Crippen molar-refractivity contribution in [2.75, 3.05) is 5.32 Å². The van der Waals surface area contributed by atoms with E-state index in [1.54, 1.807) is 0 Å². The van der Waals surface area contributed by atoms with Gasteiger partial charge in [0.2, 0.25) is 0 Å². The lowest BCUT2D eigenvalue weighted by molar-refractivity contribution is 0.0690. The fraction of sp³-hybridized carbons (Fsp3) is 0. The third-order valence-corrected chi connectivity index (χ3v) is 2.20. The zero-order valence-electron chi connectivity index (χ0n) is 9.50. The Hall–Kier alpha value is -2.83. The number of hydrogen-bond donors (Lipinski definition) is 2. The van der Waals surface area contributed by atoms with Crippen LogP contribution in [0.5, 0.6) is 0 Å². The van der Waals surface area contributed by atoms with Gasteiger partial charge in [-0.2, -0.15) is 0 Å². The van der Waals surface area contributed by atoms with Crippen LogP contribution in [0.15, 0.2) is 36.7 Å². The SMILES string of the molecule is O=C(O)c1ccc(NC(=O)c2ccc(F)cn2)cn1. The van der Waals surface area contributed by atoms with E-state index in [4.69, 9.17) is 5.11 Å². The van der Waals surface area contributed by atoms with Crippen molar-refractivity contribution in [3.63, 3.8) is 0 Å². The number of carbonyl (C=O) groups is 2. The molecule has 2 heterocycles. The molecular formula is C12H8FN3O3. The number of halogens is 1. The van der Waals surface area contributed by atoms with Gasteiger partial charge in [0.05, 0.1) is 18.1 Å². The van der Waals surface area contributed by atoms with E-state index in [0.717, 1.165) is 12.3 Å². The van der Waals surface area contributed by atoms with Crippen LogP contribution in [0.3, 0.4) is 0 Å². The Bertz CT molecular complexity index is 611. The molecular weight excluding hydrogens is 253 g/mol. The Kier molecular flexibility index (Phi) is 3.46. The molecule has 0 radical (unpaired) electrons. The molecule has 0 fully saturated rings. The summed E-state index contributed by atoms with van der Waals surface area (Å²) in [7, 11) is 0. The summed E-state index contributed by atoms with van der Waals surface area (Å²) in [6.45, 7) is 0. The van der Waals surface area contributed by atoms with Crippen molar-refractivity contribution < 1.29 is 19.1 Å². The van der Waals surface area contributed by atoms with Gasteiger partial charge in [-0.3, -0.25) is 4.79 Å². The lowest BCUT2D eigenvalue weighted by atomic mass is 10.3. The lowest BCUT2D eigenvalue weighted by Crippen LogP contribution is -2.14. The minimum Gasteiger partial charge on any atom is -0.477 e. The summed E-state index contributed by atoms with van der Waals surface area (Å²) in [6.07, 6.45) is 2.14. The van der Waals surface area contributed by atoms with Gasteiger partial charge in [0, 0.05) is 0 Å². The summed E-state index contributed by atoms with van der Waals surface area (Å²) in [6, 6.07) is 5.02. The summed E-state index contributed by atoms with van der Waals surface area (Å²) >= 11 is 0. The second-order valence-corrected chi connectivity index (χ2v) is 3.55. The monoisotopic (exact) mass is 261 g/mol. The van der Waals surface area contributed by atoms with Gasteiger partial charge in [-0.1, -0.05) is 0 Å². The Labute approximate surface area is 106 Å². The summed E-state index contributed by atoms with van der Waals surface area (Å²) in [5.74, 6) is -2.23. The van der Waals surface area contributed by atoms with E-state index < -0.39 is 17.7 Å². The molecule has 6 nitrogen and oxygen atoms in total. The quantitative estimate of drug-likeness (QED) is 0.874. The van der Waals surface area contributed by atoms with Crippen LogP contribution in [0.1, 0.15) is 21.0 Å². The maximum absolute atomic E-state index is 12.6. The highest BCUT2D eigenvalue weighted by Gasteiger charge is 2.09. The maximum atomic E-state index is 12.6. The second-order valence-electron chi connectivity index (χ2n) is 3.55. The number of carboxylic acids is 1. The first-order chi connectivity index (χ1) is 9.06. The number of nitrogens with one attached hydrogen (secondary N) is 1. The van der Waals surface area contributed by atoms with E-state index in [1.807, 2.05) is 0 Å². The number of carbonyl (C=O) groups excluding carboxylic acids is 1. The standard InChI is InChI=1S/C12H8FN3O3/c13-7-1-3-9(14-5-7)11(17)16-8-2-4-10(12(18)19)15-6-8/h1-6H,(H,16,17)(H,18,19). The van der Waals surface area contributed by atoms with Gasteiger partial charge in [-0.25, -0.2) is 19.2 Å². The van der Waals surface area contributed by atoms with Gasteiger partial charge in [0.15, 0.2) is 0 Å². The molecule has 0 bridgehead atoms. The third-order valence-electron chi connectivity index (χ3n) is 2.20. The molecule has 2 N–H and O–H groups in total. The van der Waals surface area contributed by atoms with Crippen LogP contribution in [0.2, 0.25) is 0 Å². The predicted octanol–water partition coefficient (Wildman–Crippen LogP) is 1.57. The first-order valence-electron chi connectivity index (χ1n) is 5.18. The fourth-order valence-corrected chi connectivity index (χ4v) is 1.30. The molecule has 2 aromatic rings. The smallest absolute Gasteiger partial charge is 0.354 e. The summed E-state index contributed by atoms with van der Waals surface area (Å²) in [5, 5.41) is 11.1. The number of aromatic carboxylic acids is 1. The normalized spacial score (nSPS) is 9.95. The van der Waals surface area contributed by atoms with Crippen molar-refractivity contribution in [2.45, 2.75) is 0 Å². The van der Waals surface area contributed by atoms with Gasteiger partial charge in [-0.05, 0) is 24.3 Å². The average molecular weight is 261 g/mol. The first kappa shape index (κ1) is 12.6. The Morgan fingerprint density at radius 1 is 1.05 bits per heavy atom. The fourth-order valence-electron chi connectivity index (χ4n) is 1.30. The third kappa shape index (κ3) is 3.09. The van der Waals surface area contributed by atoms with Crippen LogP contribution in [-0.2, 0) is 0 Å². The molecule has 0 unspecified atom stereocenters. The number of amides is 1. The number of anilines is 1. The van der Waals surface area contributed by atoms with E-state index in [9.17, 15) is 14.0 Å². The molecule has 0 aromatic carbocycles. The summed E-state index contributed by atoms with van der Waals surface area (Å²) in [5.41, 5.74) is 0.239. The lowest BCUT2D eigenvalue weighted by Gasteiger charge is -2.04. The number of rotatable bonds is 3. The summed E-state index contributed by atoms with van der Waals surface area (Å²) in [4.78, 5) is 29.6. The van der Waals surface area contributed by atoms with Crippen LogP contribution >= 0.6 is 0 Å². The molecule has 7 heteroatoms. The maximum Gasteiger partial charge on any atom is 0.354 e. The minimum absolute atomic E-state index is 0.0451. The van der Waals surface area contributed by atoms with Crippen molar-refractivity contribution >= 4 is 17.6 Å². The zero-order valence-corrected chi connectivity index (χ0v) is 9.50. The second kappa shape index (κ2) is 5.21. The molecule has 0 saturated carbocycles. The van der Waals surface area contributed by atoms with E-state index in [-0.39, 0.29) is 11.4 Å². The first-order valence-corrected chi connectivity index (χ1v) is 5.18. The largest absolute Gasteiger partial charge is 0.477 e. The van der Waals surface area contributed by atoms with Gasteiger partial charge in [0.1, 0.15) is 17.2 Å². The zero-order chi connectivity index (χ0) is 13.8. The molecule has 2 aromatic heterocycles. The van der Waals surface area contributed by atoms with Crippen molar-refractivity contribution in [2.24, 2.45) is 0 Å². The predicted molar refractivity (Wildman–Crippen MR) is 63.3 cm³/mol. The molecule has 0 atom stereocenters. The highest BCUT2D eigenvalue weighted by molar-refractivity contribution is 6.02. The molecule has 0 saturated heterocycles. The van der Waals surface area contributed by atoms with Gasteiger partial charge in [-0.15, -0.1) is 0 Å². The average Bonchev–Trinajstić information content (AvgIpc) is 2.40. The Morgan fingerprint density at radius 3 is 2.26 bits per heavy atom. The van der Waals surface area contributed by atoms with Crippen molar-refractivity contribution in [3.05, 3.63) is 53.9 Å². The summed E-state index contributed by atoms with van der Waals surface area (Å²) < 4.78 is 12.6. The molecule has 96 valence electrons. The number of nitrogens with zero attached hydrogens (tertiary/aromatic N) is 2. The highest BCUT2D eigenvalue weighted by Crippen LogP contribution is 2.08. The van der Waals surface area contributed by atoms with E-state index >= 15 is 0 Å². The van der Waals surface area contributed by atoms with E-state index in [0.29, 0.717) is 5.69 Å². The molecule has 0 aliphatic carbocycles.